The van der Waals surface area contributed by atoms with Crippen LogP contribution in [0.3, 0.4) is 0 Å². The van der Waals surface area contributed by atoms with Crippen molar-refractivity contribution < 1.29 is 14.3 Å². The number of pyridine rings is 1. The molecule has 5 rings (SSSR count). The zero-order valence-corrected chi connectivity index (χ0v) is 23.5. The molecular formula is C31H32N4O3S. The minimum Gasteiger partial charge on any atom is -0.491 e. The molecule has 2 aromatic carbocycles. The van der Waals surface area contributed by atoms with Crippen LogP contribution in [0, 0.1) is 13.8 Å². The number of thiocarbonyl (C=S) groups is 1. The second-order valence-corrected chi connectivity index (χ2v) is 10.2. The number of rotatable bonds is 7. The standard InChI is InChI=1S/C31H32N4O3S/c1-19(2)38-25-15-13-24(14-16-25)35-29(28(33-31(35)39)27-8-6-7-17-32-27)26-18-20(3)34(21(26)4)23-11-9-22(10-12-23)30(36)37-5/h6-19,28-29H,1-5H3,(H,33,39). The molecule has 0 spiro atoms. The van der Waals surface area contributed by atoms with Gasteiger partial charge in [0, 0.05) is 29.0 Å². The Labute approximate surface area is 234 Å². The Kier molecular flexibility index (Phi) is 7.39. The van der Waals surface area contributed by atoms with Crippen LogP contribution in [-0.2, 0) is 4.74 Å². The molecule has 4 aromatic rings. The van der Waals surface area contributed by atoms with Gasteiger partial charge in [-0.2, -0.15) is 0 Å². The molecule has 1 fully saturated rings. The van der Waals surface area contributed by atoms with Gasteiger partial charge in [0.2, 0.25) is 0 Å². The first-order valence-electron chi connectivity index (χ1n) is 12.9. The van der Waals surface area contributed by atoms with Gasteiger partial charge in [-0.15, -0.1) is 0 Å². The van der Waals surface area contributed by atoms with E-state index < -0.39 is 0 Å². The van der Waals surface area contributed by atoms with Gasteiger partial charge >= 0.3 is 5.97 Å². The van der Waals surface area contributed by atoms with Gasteiger partial charge in [0.25, 0.3) is 0 Å². The Bertz CT molecular complexity index is 1480. The van der Waals surface area contributed by atoms with Crippen molar-refractivity contribution in [2.24, 2.45) is 0 Å². The van der Waals surface area contributed by atoms with E-state index in [-0.39, 0.29) is 24.2 Å². The number of anilines is 1. The highest BCUT2D eigenvalue weighted by atomic mass is 32.1. The largest absolute Gasteiger partial charge is 0.491 e. The third-order valence-electron chi connectivity index (χ3n) is 6.92. The van der Waals surface area contributed by atoms with E-state index in [1.165, 1.54) is 7.11 Å². The third kappa shape index (κ3) is 5.12. The Morgan fingerprint density at radius 1 is 1.00 bits per heavy atom. The maximum Gasteiger partial charge on any atom is 0.337 e. The maximum absolute atomic E-state index is 12.0. The number of benzene rings is 2. The quantitative estimate of drug-likeness (QED) is 0.220. The van der Waals surface area contributed by atoms with E-state index in [2.05, 4.69) is 39.7 Å². The molecule has 1 aliphatic rings. The lowest BCUT2D eigenvalue weighted by Gasteiger charge is -2.28. The van der Waals surface area contributed by atoms with Gasteiger partial charge in [-0.3, -0.25) is 4.98 Å². The molecule has 1 N–H and O–H groups in total. The summed E-state index contributed by atoms with van der Waals surface area (Å²) in [4.78, 5) is 18.8. The molecule has 0 amide bonds. The molecule has 1 aliphatic heterocycles. The van der Waals surface area contributed by atoms with Gasteiger partial charge in [-0.05, 0) is 112 Å². The summed E-state index contributed by atoms with van der Waals surface area (Å²) in [6.07, 6.45) is 1.91. The van der Waals surface area contributed by atoms with Crippen LogP contribution in [0.25, 0.3) is 5.69 Å². The van der Waals surface area contributed by atoms with Crippen LogP contribution in [0.2, 0.25) is 0 Å². The number of carbonyl (C=O) groups excluding carboxylic acids is 1. The van der Waals surface area contributed by atoms with Crippen molar-refractivity contribution in [1.29, 1.82) is 0 Å². The van der Waals surface area contributed by atoms with Crippen LogP contribution >= 0.6 is 12.2 Å². The Morgan fingerprint density at radius 2 is 1.69 bits per heavy atom. The predicted molar refractivity (Wildman–Crippen MR) is 157 cm³/mol. The zero-order valence-electron chi connectivity index (χ0n) is 22.7. The summed E-state index contributed by atoms with van der Waals surface area (Å²) in [5.74, 6) is 0.464. The average Bonchev–Trinajstić information content (AvgIpc) is 3.43. The smallest absolute Gasteiger partial charge is 0.337 e. The maximum atomic E-state index is 12.0. The van der Waals surface area contributed by atoms with E-state index in [0.717, 1.165) is 39.8 Å². The monoisotopic (exact) mass is 540 g/mol. The molecule has 3 heterocycles. The highest BCUT2D eigenvalue weighted by Gasteiger charge is 2.42. The molecule has 39 heavy (non-hydrogen) atoms. The van der Waals surface area contributed by atoms with E-state index in [9.17, 15) is 4.79 Å². The third-order valence-corrected chi connectivity index (χ3v) is 7.23. The number of nitrogens with one attached hydrogen (secondary N) is 1. The van der Waals surface area contributed by atoms with Gasteiger partial charge in [0.15, 0.2) is 5.11 Å². The van der Waals surface area contributed by atoms with Crippen molar-refractivity contribution in [2.45, 2.75) is 45.9 Å². The van der Waals surface area contributed by atoms with E-state index >= 15 is 0 Å². The molecule has 200 valence electrons. The SMILES string of the molecule is COC(=O)c1ccc(-n2c(C)cc(C3C(c4ccccn4)NC(=S)N3c3ccc(OC(C)C)cc3)c2C)cc1. The van der Waals surface area contributed by atoms with E-state index in [0.29, 0.717) is 10.7 Å². The normalized spacial score (nSPS) is 16.9. The number of nitrogens with zero attached hydrogens (tertiary/aromatic N) is 3. The van der Waals surface area contributed by atoms with E-state index in [1.54, 1.807) is 12.1 Å². The average molecular weight is 541 g/mol. The summed E-state index contributed by atoms with van der Waals surface area (Å²) >= 11 is 5.91. The molecule has 0 saturated carbocycles. The molecular weight excluding hydrogens is 508 g/mol. The van der Waals surface area contributed by atoms with Crippen molar-refractivity contribution in [3.05, 3.63) is 107 Å². The fraction of sp³-hybridized carbons (Fsp3) is 0.258. The lowest BCUT2D eigenvalue weighted by Crippen LogP contribution is -2.29. The number of hydrogen-bond acceptors (Lipinski definition) is 5. The number of carbonyl (C=O) groups is 1. The molecule has 2 unspecified atom stereocenters. The minimum atomic E-state index is -0.354. The number of hydrogen-bond donors (Lipinski definition) is 1. The molecule has 0 bridgehead atoms. The number of methoxy groups -OCH3 is 1. The van der Waals surface area contributed by atoms with E-state index in [4.69, 9.17) is 21.7 Å². The summed E-state index contributed by atoms with van der Waals surface area (Å²) in [5, 5.41) is 4.18. The van der Waals surface area contributed by atoms with Gasteiger partial charge in [0.1, 0.15) is 5.75 Å². The van der Waals surface area contributed by atoms with Crippen molar-refractivity contribution in [3.8, 4) is 11.4 Å². The first kappa shape index (κ1) is 26.4. The first-order valence-corrected chi connectivity index (χ1v) is 13.3. The second-order valence-electron chi connectivity index (χ2n) is 9.86. The molecule has 7 nitrogen and oxygen atoms in total. The van der Waals surface area contributed by atoms with Gasteiger partial charge in [0.05, 0.1) is 36.6 Å². The van der Waals surface area contributed by atoms with Crippen molar-refractivity contribution in [2.75, 3.05) is 12.0 Å². The Hall–Kier alpha value is -4.17. The van der Waals surface area contributed by atoms with Gasteiger partial charge in [-0.25, -0.2) is 4.79 Å². The highest BCUT2D eigenvalue weighted by Crippen LogP contribution is 2.44. The van der Waals surface area contributed by atoms with Crippen molar-refractivity contribution in [3.63, 3.8) is 0 Å². The Morgan fingerprint density at radius 3 is 2.31 bits per heavy atom. The number of aromatic nitrogens is 2. The fourth-order valence-electron chi connectivity index (χ4n) is 5.26. The zero-order chi connectivity index (χ0) is 27.7. The summed E-state index contributed by atoms with van der Waals surface area (Å²) in [7, 11) is 1.39. The second kappa shape index (κ2) is 10.9. The molecule has 1 saturated heterocycles. The summed E-state index contributed by atoms with van der Waals surface area (Å²) < 4.78 is 12.9. The van der Waals surface area contributed by atoms with Gasteiger partial charge < -0.3 is 24.3 Å². The highest BCUT2D eigenvalue weighted by molar-refractivity contribution is 7.80. The molecule has 2 atom stereocenters. The molecule has 2 aromatic heterocycles. The number of aryl methyl sites for hydroxylation is 1. The fourth-order valence-corrected chi connectivity index (χ4v) is 5.60. The molecule has 8 heteroatoms. The van der Waals surface area contributed by atoms with Crippen LogP contribution < -0.4 is 15.0 Å². The topological polar surface area (TPSA) is 68.6 Å². The van der Waals surface area contributed by atoms with Crippen LogP contribution in [-0.4, -0.2) is 33.8 Å². The Balaban J connectivity index is 1.59. The summed E-state index contributed by atoms with van der Waals surface area (Å²) in [5.41, 5.74) is 6.66. The predicted octanol–water partition coefficient (Wildman–Crippen LogP) is 6.24. The summed E-state index contributed by atoms with van der Waals surface area (Å²) in [6, 6.07) is 23.4. The number of ether oxygens (including phenoxy) is 2. The summed E-state index contributed by atoms with van der Waals surface area (Å²) in [6.45, 7) is 8.23. The van der Waals surface area contributed by atoms with Gasteiger partial charge in [-0.1, -0.05) is 6.07 Å². The van der Waals surface area contributed by atoms with E-state index in [1.807, 2.05) is 74.6 Å². The lowest BCUT2D eigenvalue weighted by molar-refractivity contribution is 0.0600. The molecule has 0 aliphatic carbocycles. The minimum absolute atomic E-state index is 0.0961. The van der Waals surface area contributed by atoms with Crippen LogP contribution in [0.1, 0.15) is 58.9 Å². The van der Waals surface area contributed by atoms with Crippen LogP contribution in [0.15, 0.2) is 79.0 Å². The first-order chi connectivity index (χ1) is 18.8. The van der Waals surface area contributed by atoms with Crippen LogP contribution in [0.5, 0.6) is 5.75 Å². The number of esters is 1. The van der Waals surface area contributed by atoms with Crippen molar-refractivity contribution >= 4 is 29.0 Å². The van der Waals surface area contributed by atoms with Crippen LogP contribution in [0.4, 0.5) is 5.69 Å². The molecule has 0 radical (unpaired) electrons. The van der Waals surface area contributed by atoms with Crippen molar-refractivity contribution in [1.82, 2.24) is 14.9 Å². The lowest BCUT2D eigenvalue weighted by atomic mass is 9.96.